The number of ether oxygens (including phenoxy) is 2. The Hall–Kier alpha value is -2.71. The lowest BCUT2D eigenvalue weighted by Gasteiger charge is -2.36. The minimum Gasteiger partial charge on any atom is -0.385 e. The molecule has 1 aliphatic heterocycles. The number of carbonyl (C=O) groups excluding carboxylic acids is 2. The van der Waals surface area contributed by atoms with Crippen molar-refractivity contribution in [2.45, 2.75) is 31.7 Å². The summed E-state index contributed by atoms with van der Waals surface area (Å²) in [6, 6.07) is 7.60. The smallest absolute Gasteiger partial charge is 0.254 e. The Labute approximate surface area is 170 Å². The van der Waals surface area contributed by atoms with Gasteiger partial charge in [-0.25, -0.2) is 4.68 Å². The standard InChI is InChI=1S/C21H28N4O4/c1-28-12-10-18-5-3-4-11-24(18)21(27)16-6-8-19(9-7-16)25-14-17(13-22-25)23-20(26)15-29-2/h6-9,13-14,18H,3-5,10-12,15H2,1-2H3,(H,23,26)/t18-/m0/s1. The van der Waals surface area contributed by atoms with Crippen LogP contribution in [0, 0.1) is 0 Å². The molecule has 2 amide bonds. The molecular weight excluding hydrogens is 372 g/mol. The molecule has 0 radical (unpaired) electrons. The number of aromatic nitrogens is 2. The molecule has 3 rings (SSSR count). The number of carbonyl (C=O) groups is 2. The molecule has 0 aliphatic carbocycles. The summed E-state index contributed by atoms with van der Waals surface area (Å²) in [6.45, 7) is 1.44. The fraction of sp³-hybridized carbons (Fsp3) is 0.476. The monoisotopic (exact) mass is 400 g/mol. The number of hydrogen-bond acceptors (Lipinski definition) is 5. The Kier molecular flexibility index (Phi) is 7.37. The maximum atomic E-state index is 13.0. The van der Waals surface area contributed by atoms with Gasteiger partial charge in [0.1, 0.15) is 6.61 Å². The molecule has 1 fully saturated rings. The summed E-state index contributed by atoms with van der Waals surface area (Å²) in [4.78, 5) is 26.6. The number of benzene rings is 1. The van der Waals surface area contributed by atoms with E-state index in [9.17, 15) is 9.59 Å². The number of likely N-dealkylation sites (tertiary alicyclic amines) is 1. The fourth-order valence-corrected chi connectivity index (χ4v) is 3.60. The van der Waals surface area contributed by atoms with Crippen molar-refractivity contribution in [2.24, 2.45) is 0 Å². The number of amides is 2. The van der Waals surface area contributed by atoms with Crippen LogP contribution in [0.15, 0.2) is 36.7 Å². The maximum Gasteiger partial charge on any atom is 0.254 e. The van der Waals surface area contributed by atoms with Crippen LogP contribution in [0.3, 0.4) is 0 Å². The summed E-state index contributed by atoms with van der Waals surface area (Å²) in [5.74, 6) is -0.178. The Bertz CT molecular complexity index is 818. The third-order valence-electron chi connectivity index (χ3n) is 5.06. The number of nitrogens with one attached hydrogen (secondary N) is 1. The molecule has 1 saturated heterocycles. The van der Waals surface area contributed by atoms with E-state index in [1.165, 1.54) is 7.11 Å². The van der Waals surface area contributed by atoms with Crippen LogP contribution in [0.2, 0.25) is 0 Å². The highest BCUT2D eigenvalue weighted by molar-refractivity contribution is 5.94. The van der Waals surface area contributed by atoms with Crippen molar-refractivity contribution < 1.29 is 19.1 Å². The van der Waals surface area contributed by atoms with Gasteiger partial charge in [0.15, 0.2) is 0 Å². The van der Waals surface area contributed by atoms with E-state index in [2.05, 4.69) is 10.4 Å². The Morgan fingerprint density at radius 2 is 1.97 bits per heavy atom. The molecule has 156 valence electrons. The summed E-state index contributed by atoms with van der Waals surface area (Å²) in [7, 11) is 3.16. The molecule has 1 aromatic carbocycles. The minimum atomic E-state index is -0.238. The van der Waals surface area contributed by atoms with Gasteiger partial charge >= 0.3 is 0 Å². The second-order valence-electron chi connectivity index (χ2n) is 7.13. The number of rotatable bonds is 8. The third kappa shape index (κ3) is 5.42. The van der Waals surface area contributed by atoms with E-state index < -0.39 is 0 Å². The van der Waals surface area contributed by atoms with Gasteiger partial charge in [-0.15, -0.1) is 0 Å². The van der Waals surface area contributed by atoms with Crippen molar-refractivity contribution in [1.82, 2.24) is 14.7 Å². The van der Waals surface area contributed by atoms with Crippen LogP contribution in [0.25, 0.3) is 5.69 Å². The van der Waals surface area contributed by atoms with Gasteiger partial charge in [0, 0.05) is 39.0 Å². The first-order valence-electron chi connectivity index (χ1n) is 9.86. The van der Waals surface area contributed by atoms with Crippen LogP contribution in [-0.4, -0.2) is 66.5 Å². The molecule has 1 aromatic heterocycles. The highest BCUT2D eigenvalue weighted by Gasteiger charge is 2.27. The zero-order chi connectivity index (χ0) is 20.6. The van der Waals surface area contributed by atoms with Gasteiger partial charge in [0.25, 0.3) is 5.91 Å². The van der Waals surface area contributed by atoms with Crippen molar-refractivity contribution in [3.05, 3.63) is 42.2 Å². The molecule has 0 bridgehead atoms. The van der Waals surface area contributed by atoms with E-state index in [4.69, 9.17) is 9.47 Å². The second kappa shape index (κ2) is 10.2. The predicted octanol–water partition coefficient (Wildman–Crippen LogP) is 2.49. The van der Waals surface area contributed by atoms with Crippen molar-refractivity contribution in [2.75, 3.05) is 39.3 Å². The van der Waals surface area contributed by atoms with Crippen LogP contribution in [0.1, 0.15) is 36.0 Å². The fourth-order valence-electron chi connectivity index (χ4n) is 3.60. The highest BCUT2D eigenvalue weighted by Crippen LogP contribution is 2.23. The molecule has 29 heavy (non-hydrogen) atoms. The molecule has 1 atom stereocenters. The molecular formula is C21H28N4O4. The van der Waals surface area contributed by atoms with Crippen LogP contribution in [0.5, 0.6) is 0 Å². The molecule has 1 aliphatic rings. The van der Waals surface area contributed by atoms with E-state index in [1.807, 2.05) is 29.2 Å². The number of hydrogen-bond donors (Lipinski definition) is 1. The lowest BCUT2D eigenvalue weighted by atomic mass is 9.98. The van der Waals surface area contributed by atoms with Gasteiger partial charge in [0.2, 0.25) is 5.91 Å². The van der Waals surface area contributed by atoms with Gasteiger partial charge in [-0.05, 0) is 49.9 Å². The first kappa shape index (κ1) is 21.0. The normalized spacial score (nSPS) is 16.6. The largest absolute Gasteiger partial charge is 0.385 e. The second-order valence-corrected chi connectivity index (χ2v) is 7.13. The van der Waals surface area contributed by atoms with Gasteiger partial charge in [-0.2, -0.15) is 5.10 Å². The third-order valence-corrected chi connectivity index (χ3v) is 5.06. The van der Waals surface area contributed by atoms with Crippen molar-refractivity contribution in [3.8, 4) is 5.69 Å². The van der Waals surface area contributed by atoms with Crippen LogP contribution < -0.4 is 5.32 Å². The van der Waals surface area contributed by atoms with E-state index in [1.54, 1.807) is 24.2 Å². The minimum absolute atomic E-state index is 0.0101. The molecule has 0 saturated carbocycles. The van der Waals surface area contributed by atoms with E-state index in [-0.39, 0.29) is 24.5 Å². The predicted molar refractivity (Wildman–Crippen MR) is 109 cm³/mol. The van der Waals surface area contributed by atoms with Crippen molar-refractivity contribution in [1.29, 1.82) is 0 Å². The van der Waals surface area contributed by atoms with Crippen LogP contribution in [0.4, 0.5) is 5.69 Å². The maximum absolute atomic E-state index is 13.0. The van der Waals surface area contributed by atoms with Crippen molar-refractivity contribution >= 4 is 17.5 Å². The summed E-state index contributed by atoms with van der Waals surface area (Å²) < 4.78 is 11.7. The number of nitrogens with zero attached hydrogens (tertiary/aromatic N) is 3. The zero-order valence-electron chi connectivity index (χ0n) is 17.0. The molecule has 2 heterocycles. The van der Waals surface area contributed by atoms with E-state index >= 15 is 0 Å². The average Bonchev–Trinajstić information content (AvgIpc) is 3.20. The molecule has 2 aromatic rings. The Balaban J connectivity index is 1.67. The van der Waals surface area contributed by atoms with E-state index in [0.29, 0.717) is 17.9 Å². The summed E-state index contributed by atoms with van der Waals surface area (Å²) in [5.41, 5.74) is 2.06. The quantitative estimate of drug-likeness (QED) is 0.736. The molecule has 8 heteroatoms. The summed E-state index contributed by atoms with van der Waals surface area (Å²) in [6.07, 6.45) is 7.37. The Morgan fingerprint density at radius 3 is 2.69 bits per heavy atom. The van der Waals surface area contributed by atoms with Crippen molar-refractivity contribution in [3.63, 3.8) is 0 Å². The first-order chi connectivity index (χ1) is 14.1. The lowest BCUT2D eigenvalue weighted by Crippen LogP contribution is -2.44. The SMILES string of the molecule is COCC[C@@H]1CCCCN1C(=O)c1ccc(-n2cc(NC(=O)COC)cn2)cc1. The highest BCUT2D eigenvalue weighted by atomic mass is 16.5. The lowest BCUT2D eigenvalue weighted by molar-refractivity contribution is -0.119. The average molecular weight is 400 g/mol. The number of methoxy groups -OCH3 is 2. The van der Waals surface area contributed by atoms with Crippen LogP contribution >= 0.6 is 0 Å². The number of anilines is 1. The zero-order valence-corrected chi connectivity index (χ0v) is 17.0. The van der Waals surface area contributed by atoms with Crippen LogP contribution in [-0.2, 0) is 14.3 Å². The molecule has 1 N–H and O–H groups in total. The molecule has 8 nitrogen and oxygen atoms in total. The van der Waals surface area contributed by atoms with Gasteiger partial charge in [-0.3, -0.25) is 9.59 Å². The van der Waals surface area contributed by atoms with Gasteiger partial charge < -0.3 is 19.7 Å². The molecule has 0 spiro atoms. The summed E-state index contributed by atoms with van der Waals surface area (Å²) in [5, 5.41) is 6.97. The van der Waals surface area contributed by atoms with Gasteiger partial charge in [0.05, 0.1) is 23.8 Å². The number of piperidine rings is 1. The van der Waals surface area contributed by atoms with Gasteiger partial charge in [-0.1, -0.05) is 0 Å². The molecule has 0 unspecified atom stereocenters. The topological polar surface area (TPSA) is 85.7 Å². The van der Waals surface area contributed by atoms with E-state index in [0.717, 1.165) is 37.9 Å². The summed E-state index contributed by atoms with van der Waals surface area (Å²) >= 11 is 0. The Morgan fingerprint density at radius 1 is 1.17 bits per heavy atom. The first-order valence-corrected chi connectivity index (χ1v) is 9.86.